The van der Waals surface area contributed by atoms with Gasteiger partial charge in [0, 0.05) is 25.4 Å². The van der Waals surface area contributed by atoms with Gasteiger partial charge in [0.2, 0.25) is 15.8 Å². The molecule has 0 aromatic carbocycles. The standard InChI is InChI=1S/C9H12N4O6S/c1-20(18,19)12-3-2-10-8-7(13(16)17)4-6(5-11-8)9(14)15/h4-5,12H,2-3H2,1H3,(H,10,11)(H,14,15). The zero-order valence-corrected chi connectivity index (χ0v) is 11.2. The highest BCUT2D eigenvalue weighted by molar-refractivity contribution is 7.88. The van der Waals surface area contributed by atoms with Gasteiger partial charge in [-0.2, -0.15) is 0 Å². The zero-order chi connectivity index (χ0) is 15.3. The van der Waals surface area contributed by atoms with E-state index in [0.29, 0.717) is 0 Å². The quantitative estimate of drug-likeness (QED) is 0.351. The molecule has 0 unspecified atom stereocenters. The SMILES string of the molecule is CS(=O)(=O)NCCNc1ncc(C(=O)O)cc1[N+](=O)[O-]. The maximum atomic E-state index is 10.8. The second kappa shape index (κ2) is 6.25. The number of hydrogen-bond acceptors (Lipinski definition) is 7. The monoisotopic (exact) mass is 304 g/mol. The lowest BCUT2D eigenvalue weighted by atomic mass is 10.2. The van der Waals surface area contributed by atoms with Gasteiger partial charge in [0.15, 0.2) is 0 Å². The van der Waals surface area contributed by atoms with Gasteiger partial charge in [-0.25, -0.2) is 22.9 Å². The van der Waals surface area contributed by atoms with Gasteiger partial charge < -0.3 is 10.4 Å². The Morgan fingerprint density at radius 3 is 2.65 bits per heavy atom. The van der Waals surface area contributed by atoms with E-state index in [0.717, 1.165) is 18.5 Å². The van der Waals surface area contributed by atoms with Gasteiger partial charge in [0.25, 0.3) is 0 Å². The predicted octanol–water partition coefficient (Wildman–Crippen LogP) is -0.351. The second-order valence-corrected chi connectivity index (χ2v) is 5.58. The van der Waals surface area contributed by atoms with Gasteiger partial charge in [-0.05, 0) is 0 Å². The first kappa shape index (κ1) is 15.8. The molecule has 1 aromatic rings. The molecule has 1 aromatic heterocycles. The van der Waals surface area contributed by atoms with Crippen molar-refractivity contribution < 1.29 is 23.2 Å². The summed E-state index contributed by atoms with van der Waals surface area (Å²) in [5.74, 6) is -1.46. The third kappa shape index (κ3) is 4.78. The van der Waals surface area contributed by atoms with E-state index in [-0.39, 0.29) is 24.5 Å². The lowest BCUT2D eigenvalue weighted by Gasteiger charge is -2.07. The summed E-state index contributed by atoms with van der Waals surface area (Å²) in [4.78, 5) is 24.4. The van der Waals surface area contributed by atoms with Crippen molar-refractivity contribution in [2.75, 3.05) is 24.7 Å². The summed E-state index contributed by atoms with van der Waals surface area (Å²) in [7, 11) is -3.34. The van der Waals surface area contributed by atoms with Crippen LogP contribution in [0.3, 0.4) is 0 Å². The van der Waals surface area contributed by atoms with Gasteiger partial charge in [-0.1, -0.05) is 0 Å². The Hall–Kier alpha value is -2.27. The summed E-state index contributed by atoms with van der Waals surface area (Å²) in [5.41, 5.74) is -0.805. The van der Waals surface area contributed by atoms with Crippen LogP contribution in [0.1, 0.15) is 10.4 Å². The zero-order valence-electron chi connectivity index (χ0n) is 10.4. The molecule has 0 radical (unpaired) electrons. The van der Waals surface area contributed by atoms with E-state index in [9.17, 15) is 23.3 Å². The Kier molecular flexibility index (Phi) is 4.94. The molecule has 0 amide bonds. The lowest BCUT2D eigenvalue weighted by molar-refractivity contribution is -0.384. The molecule has 3 N–H and O–H groups in total. The molecule has 0 aliphatic heterocycles. The Morgan fingerprint density at radius 2 is 2.15 bits per heavy atom. The smallest absolute Gasteiger partial charge is 0.337 e. The number of nitrogens with zero attached hydrogens (tertiary/aromatic N) is 2. The minimum atomic E-state index is -3.34. The normalized spacial score (nSPS) is 11.1. The van der Waals surface area contributed by atoms with E-state index in [2.05, 4.69) is 15.0 Å². The molecule has 1 heterocycles. The van der Waals surface area contributed by atoms with Crippen molar-refractivity contribution in [1.29, 1.82) is 0 Å². The molecule has 0 bridgehead atoms. The summed E-state index contributed by atoms with van der Waals surface area (Å²) in [6.45, 7) is 0.0751. The number of nitrogens with one attached hydrogen (secondary N) is 2. The van der Waals surface area contributed by atoms with Crippen LogP contribution < -0.4 is 10.0 Å². The van der Waals surface area contributed by atoms with Crippen LogP contribution in [-0.2, 0) is 10.0 Å². The highest BCUT2D eigenvalue weighted by Gasteiger charge is 2.18. The Balaban J connectivity index is 2.79. The summed E-state index contributed by atoms with van der Waals surface area (Å²) in [6.07, 6.45) is 1.96. The summed E-state index contributed by atoms with van der Waals surface area (Å²) < 4.78 is 23.8. The minimum Gasteiger partial charge on any atom is -0.478 e. The number of carbonyl (C=O) groups is 1. The van der Waals surface area contributed by atoms with Crippen molar-refractivity contribution in [1.82, 2.24) is 9.71 Å². The number of hydrogen-bond donors (Lipinski definition) is 3. The number of pyridine rings is 1. The van der Waals surface area contributed by atoms with Crippen LogP contribution in [0, 0.1) is 10.1 Å². The molecule has 0 fully saturated rings. The second-order valence-electron chi connectivity index (χ2n) is 3.75. The van der Waals surface area contributed by atoms with Crippen LogP contribution in [0.5, 0.6) is 0 Å². The molecule has 1 rings (SSSR count). The maximum Gasteiger partial charge on any atom is 0.337 e. The fraction of sp³-hybridized carbons (Fsp3) is 0.333. The minimum absolute atomic E-state index is 0.0123. The average Bonchev–Trinajstić information content (AvgIpc) is 2.33. The summed E-state index contributed by atoms with van der Waals surface area (Å²) in [6, 6.07) is 0.877. The molecule has 0 atom stereocenters. The number of rotatable bonds is 7. The van der Waals surface area contributed by atoms with E-state index in [1.807, 2.05) is 0 Å². The third-order valence-corrected chi connectivity index (χ3v) is 2.82. The molecule has 0 saturated carbocycles. The first-order valence-electron chi connectivity index (χ1n) is 5.27. The molecule has 0 spiro atoms. The first-order valence-corrected chi connectivity index (χ1v) is 7.16. The highest BCUT2D eigenvalue weighted by atomic mass is 32.2. The highest BCUT2D eigenvalue weighted by Crippen LogP contribution is 2.22. The number of aromatic carboxylic acids is 1. The molecular formula is C9H12N4O6S. The number of carboxylic acids is 1. The van der Waals surface area contributed by atoms with Crippen molar-refractivity contribution in [2.45, 2.75) is 0 Å². The molecule has 20 heavy (non-hydrogen) atoms. The van der Waals surface area contributed by atoms with Crippen LogP contribution >= 0.6 is 0 Å². The lowest BCUT2D eigenvalue weighted by Crippen LogP contribution is -2.28. The largest absolute Gasteiger partial charge is 0.478 e. The fourth-order valence-electron chi connectivity index (χ4n) is 1.26. The van der Waals surface area contributed by atoms with E-state index in [4.69, 9.17) is 5.11 Å². The van der Waals surface area contributed by atoms with Crippen molar-refractivity contribution in [3.05, 3.63) is 27.9 Å². The molecular weight excluding hydrogens is 292 g/mol. The van der Waals surface area contributed by atoms with Crippen LogP contribution in [0.4, 0.5) is 11.5 Å². The van der Waals surface area contributed by atoms with Gasteiger partial charge >= 0.3 is 11.7 Å². The van der Waals surface area contributed by atoms with Crippen molar-refractivity contribution in [2.24, 2.45) is 0 Å². The van der Waals surface area contributed by atoms with E-state index in [1.54, 1.807) is 0 Å². The van der Waals surface area contributed by atoms with Crippen LogP contribution in [0.15, 0.2) is 12.3 Å². The van der Waals surface area contributed by atoms with Gasteiger partial charge in [0.05, 0.1) is 16.7 Å². The molecule has 0 aliphatic carbocycles. The van der Waals surface area contributed by atoms with Crippen LogP contribution in [0.2, 0.25) is 0 Å². The van der Waals surface area contributed by atoms with E-state index in [1.165, 1.54) is 0 Å². The summed E-state index contributed by atoms with van der Waals surface area (Å²) in [5, 5.41) is 22.1. The van der Waals surface area contributed by atoms with E-state index < -0.39 is 26.6 Å². The Labute approximate surface area is 114 Å². The summed E-state index contributed by atoms with van der Waals surface area (Å²) >= 11 is 0. The van der Waals surface area contributed by atoms with E-state index >= 15 is 0 Å². The third-order valence-electron chi connectivity index (χ3n) is 2.09. The van der Waals surface area contributed by atoms with Crippen molar-refractivity contribution in [3.8, 4) is 0 Å². The number of sulfonamides is 1. The van der Waals surface area contributed by atoms with Gasteiger partial charge in [-0.15, -0.1) is 0 Å². The number of nitro groups is 1. The van der Waals surface area contributed by atoms with Gasteiger partial charge in [0.1, 0.15) is 0 Å². The van der Waals surface area contributed by atoms with Crippen molar-refractivity contribution in [3.63, 3.8) is 0 Å². The number of anilines is 1. The number of aromatic nitrogens is 1. The molecule has 0 saturated heterocycles. The van der Waals surface area contributed by atoms with Crippen molar-refractivity contribution >= 4 is 27.5 Å². The van der Waals surface area contributed by atoms with Crippen LogP contribution in [0.25, 0.3) is 0 Å². The molecule has 10 nitrogen and oxygen atoms in total. The maximum absolute atomic E-state index is 10.8. The molecule has 11 heteroatoms. The fourth-order valence-corrected chi connectivity index (χ4v) is 1.74. The van der Waals surface area contributed by atoms with Gasteiger partial charge in [-0.3, -0.25) is 10.1 Å². The topological polar surface area (TPSA) is 152 Å². The average molecular weight is 304 g/mol. The molecule has 110 valence electrons. The van der Waals surface area contributed by atoms with Crippen LogP contribution in [-0.4, -0.2) is 48.7 Å². The first-order chi connectivity index (χ1) is 9.20. The Morgan fingerprint density at radius 1 is 1.50 bits per heavy atom. The molecule has 0 aliphatic rings. The number of carboxylic acid groups (broad SMARTS) is 1. The Bertz CT molecular complexity index is 629. The predicted molar refractivity (Wildman–Crippen MR) is 69.2 cm³/mol.